The second-order valence-corrected chi connectivity index (χ2v) is 4.69. The van der Waals surface area contributed by atoms with E-state index in [2.05, 4.69) is 10.2 Å². The van der Waals surface area contributed by atoms with Crippen molar-refractivity contribution in [2.45, 2.75) is 19.9 Å². The second-order valence-electron chi connectivity index (χ2n) is 4.69. The first-order chi connectivity index (χ1) is 8.61. The van der Waals surface area contributed by atoms with Crippen molar-refractivity contribution in [3.8, 4) is 0 Å². The fourth-order valence-electron chi connectivity index (χ4n) is 2.32. The lowest BCUT2D eigenvalue weighted by Gasteiger charge is -2.07. The minimum atomic E-state index is -0.0503. The maximum Gasteiger partial charge on any atom is 0.330 e. The zero-order valence-electron chi connectivity index (χ0n) is 10.6. The van der Waals surface area contributed by atoms with Gasteiger partial charge in [-0.2, -0.15) is 0 Å². The average molecular weight is 242 g/mol. The number of benzene rings is 1. The van der Waals surface area contributed by atoms with Gasteiger partial charge in [0, 0.05) is 18.5 Å². The van der Waals surface area contributed by atoms with Gasteiger partial charge in [0.1, 0.15) is 5.52 Å². The maximum atomic E-state index is 12.2. The van der Waals surface area contributed by atoms with Crippen molar-refractivity contribution >= 4 is 22.1 Å². The fourth-order valence-corrected chi connectivity index (χ4v) is 2.32. The van der Waals surface area contributed by atoms with Crippen LogP contribution in [0.3, 0.4) is 0 Å². The Morgan fingerprint density at radius 2 is 1.89 bits per heavy atom. The number of hydrogen-bond donors (Lipinski definition) is 0. The molecule has 0 atom stereocenters. The highest BCUT2D eigenvalue weighted by molar-refractivity contribution is 6.00. The topological polar surface area (TPSA) is 52.7 Å². The van der Waals surface area contributed by atoms with Crippen LogP contribution in [0, 0.1) is 0 Å². The van der Waals surface area contributed by atoms with Crippen molar-refractivity contribution in [2.24, 2.45) is 7.05 Å². The number of aryl methyl sites for hydroxylation is 1. The van der Waals surface area contributed by atoms with E-state index >= 15 is 0 Å². The van der Waals surface area contributed by atoms with Gasteiger partial charge in [0.25, 0.3) is 0 Å². The summed E-state index contributed by atoms with van der Waals surface area (Å²) in [6.07, 6.45) is 0. The Kier molecular flexibility index (Phi) is 2.23. The lowest BCUT2D eigenvalue weighted by Crippen LogP contribution is -2.23. The fraction of sp³-hybridized carbons (Fsp3) is 0.308. The van der Waals surface area contributed by atoms with Crippen LogP contribution < -0.4 is 5.69 Å². The molecular formula is C13H14N4O. The molecule has 0 aliphatic carbocycles. The Morgan fingerprint density at radius 1 is 1.17 bits per heavy atom. The standard InChI is InChI=1S/C13H14N4O/c1-8(2)17-11-9-6-4-5-7-10(9)14-15-12(11)16(3)13(17)18/h4-8H,1-3H3. The molecular weight excluding hydrogens is 228 g/mol. The summed E-state index contributed by atoms with van der Waals surface area (Å²) in [6.45, 7) is 3.99. The van der Waals surface area contributed by atoms with Gasteiger partial charge in [0.05, 0.1) is 5.52 Å². The molecule has 2 heterocycles. The lowest BCUT2D eigenvalue weighted by atomic mass is 10.2. The number of fused-ring (bicyclic) bond motifs is 3. The van der Waals surface area contributed by atoms with Crippen molar-refractivity contribution in [3.05, 3.63) is 34.7 Å². The molecule has 2 aromatic heterocycles. The predicted octanol–water partition coefficient (Wildman–Crippen LogP) is 1.86. The van der Waals surface area contributed by atoms with Crippen LogP contribution in [0.1, 0.15) is 19.9 Å². The van der Waals surface area contributed by atoms with Crippen molar-refractivity contribution in [1.29, 1.82) is 0 Å². The molecule has 0 N–H and O–H groups in total. The molecule has 0 aliphatic rings. The summed E-state index contributed by atoms with van der Waals surface area (Å²) in [5.41, 5.74) is 2.26. The Labute approximate surface area is 104 Å². The first-order valence-corrected chi connectivity index (χ1v) is 5.93. The smallest absolute Gasteiger partial charge is 0.287 e. The monoisotopic (exact) mass is 242 g/mol. The molecule has 3 rings (SSSR count). The van der Waals surface area contributed by atoms with E-state index in [4.69, 9.17) is 0 Å². The molecule has 18 heavy (non-hydrogen) atoms. The highest BCUT2D eigenvalue weighted by Crippen LogP contribution is 2.22. The SMILES string of the molecule is CC(C)n1c(=O)n(C)c2nnc3ccccc3c21. The molecule has 3 aromatic rings. The summed E-state index contributed by atoms with van der Waals surface area (Å²) in [5.74, 6) is 0. The molecule has 0 unspecified atom stereocenters. The summed E-state index contributed by atoms with van der Waals surface area (Å²) in [6, 6.07) is 7.85. The Bertz CT molecular complexity index is 798. The van der Waals surface area contributed by atoms with E-state index in [1.807, 2.05) is 38.1 Å². The number of nitrogens with zero attached hydrogens (tertiary/aromatic N) is 4. The quantitative estimate of drug-likeness (QED) is 0.654. The van der Waals surface area contributed by atoms with E-state index in [0.717, 1.165) is 16.4 Å². The van der Waals surface area contributed by atoms with E-state index < -0.39 is 0 Å². The molecule has 1 aromatic carbocycles. The number of imidazole rings is 1. The minimum Gasteiger partial charge on any atom is -0.287 e. The van der Waals surface area contributed by atoms with Crippen LogP contribution in [0.5, 0.6) is 0 Å². The van der Waals surface area contributed by atoms with Crippen LogP contribution in [-0.2, 0) is 7.05 Å². The molecule has 0 saturated heterocycles. The van der Waals surface area contributed by atoms with E-state index in [-0.39, 0.29) is 11.7 Å². The summed E-state index contributed by atoms with van der Waals surface area (Å²) in [4.78, 5) is 12.2. The van der Waals surface area contributed by atoms with Gasteiger partial charge in [-0.05, 0) is 19.9 Å². The van der Waals surface area contributed by atoms with E-state index in [9.17, 15) is 4.79 Å². The van der Waals surface area contributed by atoms with Gasteiger partial charge >= 0.3 is 5.69 Å². The minimum absolute atomic E-state index is 0.0503. The van der Waals surface area contributed by atoms with Gasteiger partial charge < -0.3 is 0 Å². The van der Waals surface area contributed by atoms with E-state index in [0.29, 0.717) is 5.65 Å². The molecule has 0 bridgehead atoms. The molecule has 5 nitrogen and oxygen atoms in total. The van der Waals surface area contributed by atoms with Gasteiger partial charge in [0.15, 0.2) is 5.65 Å². The number of aromatic nitrogens is 4. The van der Waals surface area contributed by atoms with Gasteiger partial charge in [-0.25, -0.2) is 4.79 Å². The Morgan fingerprint density at radius 3 is 2.61 bits per heavy atom. The molecule has 0 amide bonds. The number of hydrogen-bond acceptors (Lipinski definition) is 3. The molecule has 0 radical (unpaired) electrons. The lowest BCUT2D eigenvalue weighted by molar-refractivity contribution is 0.584. The molecule has 0 fully saturated rings. The predicted molar refractivity (Wildman–Crippen MR) is 70.7 cm³/mol. The second kappa shape index (κ2) is 3.66. The first kappa shape index (κ1) is 11.0. The zero-order chi connectivity index (χ0) is 12.9. The normalized spacial score (nSPS) is 11.8. The summed E-state index contributed by atoms with van der Waals surface area (Å²) < 4.78 is 3.32. The highest BCUT2D eigenvalue weighted by atomic mass is 16.1. The Hall–Kier alpha value is -2.17. The maximum absolute atomic E-state index is 12.2. The average Bonchev–Trinajstić information content (AvgIpc) is 2.63. The van der Waals surface area contributed by atoms with Crippen molar-refractivity contribution in [3.63, 3.8) is 0 Å². The summed E-state index contributed by atoms with van der Waals surface area (Å²) >= 11 is 0. The largest absolute Gasteiger partial charge is 0.330 e. The van der Waals surface area contributed by atoms with Crippen molar-refractivity contribution < 1.29 is 0 Å². The Balaban J connectivity index is 2.64. The summed E-state index contributed by atoms with van der Waals surface area (Å²) in [7, 11) is 1.73. The van der Waals surface area contributed by atoms with Crippen LogP contribution in [0.15, 0.2) is 29.1 Å². The van der Waals surface area contributed by atoms with E-state index in [1.165, 1.54) is 0 Å². The highest BCUT2D eigenvalue weighted by Gasteiger charge is 2.17. The van der Waals surface area contributed by atoms with Crippen LogP contribution >= 0.6 is 0 Å². The molecule has 92 valence electrons. The third-order valence-electron chi connectivity index (χ3n) is 3.19. The summed E-state index contributed by atoms with van der Waals surface area (Å²) in [5, 5.41) is 9.29. The van der Waals surface area contributed by atoms with Crippen LogP contribution in [0.25, 0.3) is 22.1 Å². The van der Waals surface area contributed by atoms with Crippen LogP contribution in [0.4, 0.5) is 0 Å². The van der Waals surface area contributed by atoms with Gasteiger partial charge in [-0.3, -0.25) is 9.13 Å². The third-order valence-corrected chi connectivity index (χ3v) is 3.19. The molecule has 0 spiro atoms. The van der Waals surface area contributed by atoms with E-state index in [1.54, 1.807) is 16.2 Å². The van der Waals surface area contributed by atoms with Gasteiger partial charge in [-0.1, -0.05) is 18.2 Å². The van der Waals surface area contributed by atoms with Crippen LogP contribution in [0.2, 0.25) is 0 Å². The number of rotatable bonds is 1. The first-order valence-electron chi connectivity index (χ1n) is 5.93. The molecule has 5 heteroatoms. The zero-order valence-corrected chi connectivity index (χ0v) is 10.6. The molecule has 0 aliphatic heterocycles. The third kappa shape index (κ3) is 1.30. The van der Waals surface area contributed by atoms with Gasteiger partial charge in [-0.15, -0.1) is 10.2 Å². The van der Waals surface area contributed by atoms with Crippen molar-refractivity contribution in [2.75, 3.05) is 0 Å². The van der Waals surface area contributed by atoms with Crippen molar-refractivity contribution in [1.82, 2.24) is 19.3 Å². The molecule has 0 saturated carbocycles. The van der Waals surface area contributed by atoms with Gasteiger partial charge in [0.2, 0.25) is 0 Å². The van der Waals surface area contributed by atoms with Crippen LogP contribution in [-0.4, -0.2) is 19.3 Å².